The maximum atomic E-state index is 12.2. The van der Waals surface area contributed by atoms with Gasteiger partial charge in [-0.1, -0.05) is 29.3 Å². The lowest BCUT2D eigenvalue weighted by Gasteiger charge is -2.22. The quantitative estimate of drug-likeness (QED) is 0.826. The van der Waals surface area contributed by atoms with E-state index in [1.807, 2.05) is 0 Å². The van der Waals surface area contributed by atoms with E-state index in [4.69, 9.17) is 27.9 Å². The molecule has 1 amide bonds. The molecule has 1 aliphatic heterocycles. The van der Waals surface area contributed by atoms with E-state index in [1.54, 1.807) is 30.3 Å². The Kier molecular flexibility index (Phi) is 6.13. The van der Waals surface area contributed by atoms with E-state index in [0.717, 1.165) is 25.9 Å². The summed E-state index contributed by atoms with van der Waals surface area (Å²) in [6.07, 6.45) is 3.78. The van der Waals surface area contributed by atoms with E-state index >= 15 is 0 Å². The summed E-state index contributed by atoms with van der Waals surface area (Å²) in [7, 11) is 0. The van der Waals surface area contributed by atoms with Crippen LogP contribution < -0.4 is 15.4 Å². The van der Waals surface area contributed by atoms with Crippen molar-refractivity contribution in [2.45, 2.75) is 12.8 Å². The zero-order valence-electron chi connectivity index (χ0n) is 13.6. The molecule has 1 aliphatic rings. The van der Waals surface area contributed by atoms with E-state index in [9.17, 15) is 4.79 Å². The lowest BCUT2D eigenvalue weighted by atomic mass is 10.00. The van der Waals surface area contributed by atoms with Crippen LogP contribution in [-0.4, -0.2) is 30.5 Å². The van der Waals surface area contributed by atoms with Crippen LogP contribution in [0.25, 0.3) is 0 Å². The zero-order chi connectivity index (χ0) is 17.6. The van der Waals surface area contributed by atoms with Crippen LogP contribution in [0.5, 0.6) is 11.6 Å². The monoisotopic (exact) mass is 379 g/mol. The molecule has 5 nitrogen and oxygen atoms in total. The van der Waals surface area contributed by atoms with Crippen LogP contribution in [0, 0.1) is 5.92 Å². The number of carbonyl (C=O) groups is 1. The van der Waals surface area contributed by atoms with Crippen molar-refractivity contribution in [2.75, 3.05) is 19.6 Å². The smallest absolute Gasteiger partial charge is 0.252 e. The Labute approximate surface area is 156 Å². The van der Waals surface area contributed by atoms with Gasteiger partial charge in [0.15, 0.2) is 0 Å². The highest BCUT2D eigenvalue weighted by Crippen LogP contribution is 2.33. The molecule has 0 spiro atoms. The molecule has 1 saturated heterocycles. The van der Waals surface area contributed by atoms with Gasteiger partial charge in [0.05, 0.1) is 10.6 Å². The Morgan fingerprint density at radius 1 is 1.32 bits per heavy atom. The molecule has 132 valence electrons. The summed E-state index contributed by atoms with van der Waals surface area (Å²) in [5.41, 5.74) is 0.494. The molecule has 1 aromatic carbocycles. The third-order valence-electron chi connectivity index (χ3n) is 4.08. The van der Waals surface area contributed by atoms with Crippen molar-refractivity contribution in [1.29, 1.82) is 0 Å². The summed E-state index contributed by atoms with van der Waals surface area (Å²) in [5, 5.41) is 7.03. The first-order valence-corrected chi connectivity index (χ1v) is 8.96. The van der Waals surface area contributed by atoms with Crippen molar-refractivity contribution in [3.05, 3.63) is 52.1 Å². The van der Waals surface area contributed by atoms with Crippen LogP contribution in [0.3, 0.4) is 0 Å². The second-order valence-corrected chi connectivity index (χ2v) is 6.75. The molecular formula is C18H19Cl2N3O2. The molecule has 2 aromatic rings. The first-order chi connectivity index (χ1) is 12.1. The Hall–Kier alpha value is -1.82. The highest BCUT2D eigenvalue weighted by molar-refractivity contribution is 6.42. The number of aromatic nitrogens is 1. The van der Waals surface area contributed by atoms with Crippen LogP contribution in [0.4, 0.5) is 0 Å². The van der Waals surface area contributed by atoms with E-state index in [-0.39, 0.29) is 5.91 Å². The van der Waals surface area contributed by atoms with Crippen molar-refractivity contribution in [3.63, 3.8) is 0 Å². The van der Waals surface area contributed by atoms with Gasteiger partial charge < -0.3 is 15.4 Å². The van der Waals surface area contributed by atoms with Crippen molar-refractivity contribution >= 4 is 29.1 Å². The van der Waals surface area contributed by atoms with Crippen molar-refractivity contribution in [1.82, 2.24) is 15.6 Å². The SMILES string of the molecule is O=C(NCC1CCCNC1)c1ccc(Oc2cccc(Cl)c2Cl)nc1. The molecule has 7 heteroatoms. The molecule has 0 radical (unpaired) electrons. The van der Waals surface area contributed by atoms with Gasteiger partial charge in [0.25, 0.3) is 5.91 Å². The molecule has 1 atom stereocenters. The van der Waals surface area contributed by atoms with Gasteiger partial charge in [-0.2, -0.15) is 0 Å². The Morgan fingerprint density at radius 2 is 2.20 bits per heavy atom. The van der Waals surface area contributed by atoms with Gasteiger partial charge in [-0.25, -0.2) is 4.98 Å². The molecule has 0 aliphatic carbocycles. The largest absolute Gasteiger partial charge is 0.437 e. The Morgan fingerprint density at radius 3 is 2.92 bits per heavy atom. The lowest BCUT2D eigenvalue weighted by Crippen LogP contribution is -2.38. The molecule has 3 rings (SSSR count). The first-order valence-electron chi connectivity index (χ1n) is 8.20. The normalized spacial score (nSPS) is 17.1. The van der Waals surface area contributed by atoms with Crippen LogP contribution in [0.2, 0.25) is 10.0 Å². The van der Waals surface area contributed by atoms with Gasteiger partial charge >= 0.3 is 0 Å². The third-order valence-corrected chi connectivity index (χ3v) is 4.88. The highest BCUT2D eigenvalue weighted by atomic mass is 35.5. The number of carbonyl (C=O) groups excluding carboxylic acids is 1. The third kappa shape index (κ3) is 4.84. The van der Waals surface area contributed by atoms with E-state index in [0.29, 0.717) is 39.7 Å². The van der Waals surface area contributed by atoms with E-state index < -0.39 is 0 Å². The minimum absolute atomic E-state index is 0.134. The van der Waals surface area contributed by atoms with Gasteiger partial charge in [0.1, 0.15) is 10.8 Å². The maximum Gasteiger partial charge on any atom is 0.252 e. The zero-order valence-corrected chi connectivity index (χ0v) is 15.1. The highest BCUT2D eigenvalue weighted by Gasteiger charge is 2.15. The van der Waals surface area contributed by atoms with Crippen LogP contribution in [0.15, 0.2) is 36.5 Å². The lowest BCUT2D eigenvalue weighted by molar-refractivity contribution is 0.0944. The van der Waals surface area contributed by atoms with Crippen molar-refractivity contribution < 1.29 is 9.53 Å². The summed E-state index contributed by atoms with van der Waals surface area (Å²) in [6, 6.07) is 8.43. The number of hydrogen-bond acceptors (Lipinski definition) is 4. The average molecular weight is 380 g/mol. The summed E-state index contributed by atoms with van der Waals surface area (Å²) < 4.78 is 5.61. The van der Waals surface area contributed by atoms with Crippen molar-refractivity contribution in [2.24, 2.45) is 5.92 Å². The first kappa shape index (κ1) is 18.0. The topological polar surface area (TPSA) is 63.2 Å². The second kappa shape index (κ2) is 8.52. The van der Waals surface area contributed by atoms with Gasteiger partial charge in [0.2, 0.25) is 5.88 Å². The van der Waals surface area contributed by atoms with Crippen LogP contribution in [0.1, 0.15) is 23.2 Å². The summed E-state index contributed by atoms with van der Waals surface area (Å²) in [5.74, 6) is 1.12. The molecule has 25 heavy (non-hydrogen) atoms. The molecule has 1 unspecified atom stereocenters. The Balaban J connectivity index is 1.57. The molecule has 0 saturated carbocycles. The molecule has 0 bridgehead atoms. The fourth-order valence-corrected chi connectivity index (χ4v) is 3.02. The molecule has 1 aromatic heterocycles. The fraction of sp³-hybridized carbons (Fsp3) is 0.333. The Bertz CT molecular complexity index is 732. The summed E-state index contributed by atoms with van der Waals surface area (Å²) in [4.78, 5) is 16.4. The van der Waals surface area contributed by atoms with Gasteiger partial charge in [-0.3, -0.25) is 4.79 Å². The van der Waals surface area contributed by atoms with Gasteiger partial charge in [-0.05, 0) is 50.0 Å². The minimum Gasteiger partial charge on any atom is -0.437 e. The number of nitrogens with zero attached hydrogens (tertiary/aromatic N) is 1. The summed E-state index contributed by atoms with van der Waals surface area (Å²) in [6.45, 7) is 2.68. The number of halogens is 2. The van der Waals surface area contributed by atoms with Crippen LogP contribution in [-0.2, 0) is 0 Å². The average Bonchev–Trinajstić information content (AvgIpc) is 2.65. The number of benzene rings is 1. The van der Waals surface area contributed by atoms with Crippen molar-refractivity contribution in [3.8, 4) is 11.6 Å². The predicted octanol–water partition coefficient (Wildman–Crippen LogP) is 3.91. The number of pyridine rings is 1. The number of rotatable bonds is 5. The fourth-order valence-electron chi connectivity index (χ4n) is 2.69. The van der Waals surface area contributed by atoms with Crippen LogP contribution >= 0.6 is 23.2 Å². The van der Waals surface area contributed by atoms with E-state index in [1.165, 1.54) is 6.20 Å². The number of hydrogen-bond donors (Lipinski definition) is 2. The summed E-state index contributed by atoms with van der Waals surface area (Å²) >= 11 is 12.0. The molecule has 2 N–H and O–H groups in total. The van der Waals surface area contributed by atoms with Gasteiger partial charge in [0, 0.05) is 18.8 Å². The minimum atomic E-state index is -0.134. The molecular weight excluding hydrogens is 361 g/mol. The number of ether oxygens (including phenoxy) is 1. The van der Waals surface area contributed by atoms with E-state index in [2.05, 4.69) is 15.6 Å². The predicted molar refractivity (Wildman–Crippen MR) is 98.7 cm³/mol. The second-order valence-electron chi connectivity index (χ2n) is 5.96. The standard InChI is InChI=1S/C18H19Cl2N3O2/c19-14-4-1-5-15(17(14)20)25-16-7-6-13(11-22-16)18(24)23-10-12-3-2-8-21-9-12/h1,4-7,11-12,21H,2-3,8-10H2,(H,23,24). The number of amides is 1. The molecule has 2 heterocycles. The number of piperidine rings is 1. The number of nitrogens with one attached hydrogen (secondary N) is 2. The maximum absolute atomic E-state index is 12.2. The van der Waals surface area contributed by atoms with Gasteiger partial charge in [-0.15, -0.1) is 0 Å². The molecule has 1 fully saturated rings.